The molecule has 3 rings (SSSR count). The summed E-state index contributed by atoms with van der Waals surface area (Å²) in [6.45, 7) is -0.00399. The van der Waals surface area contributed by atoms with Crippen LogP contribution in [0.25, 0.3) is 0 Å². The lowest BCUT2D eigenvalue weighted by Gasteiger charge is -2.43. The molecule has 4 amide bonds. The minimum absolute atomic E-state index is 0.00399. The summed E-state index contributed by atoms with van der Waals surface area (Å²) in [5.41, 5.74) is -0.559. The number of carbonyl (C=O) groups is 3. The Kier molecular flexibility index (Phi) is 6.24. The Morgan fingerprint density at radius 3 is 1.83 bits per heavy atom. The first-order chi connectivity index (χ1) is 14.5. The fourth-order valence-electron chi connectivity index (χ4n) is 3.66. The summed E-state index contributed by atoms with van der Waals surface area (Å²) in [7, 11) is 0. The Morgan fingerprint density at radius 2 is 1.30 bits per heavy atom. The van der Waals surface area contributed by atoms with Crippen LogP contribution in [0.2, 0.25) is 0 Å². The molecule has 0 bridgehead atoms. The second-order valence-corrected chi connectivity index (χ2v) is 7.03. The number of urea groups is 1. The van der Waals surface area contributed by atoms with Gasteiger partial charge in [-0.15, -0.1) is 0 Å². The molecular formula is C23H20N4O3. The zero-order valence-electron chi connectivity index (χ0n) is 16.3. The summed E-state index contributed by atoms with van der Waals surface area (Å²) in [6, 6.07) is 20.6. The molecule has 0 atom stereocenters. The van der Waals surface area contributed by atoms with Gasteiger partial charge in [-0.25, -0.2) is 9.69 Å². The number of barbiturate groups is 1. The van der Waals surface area contributed by atoms with Gasteiger partial charge in [-0.1, -0.05) is 48.5 Å². The van der Waals surface area contributed by atoms with Gasteiger partial charge >= 0.3 is 6.03 Å². The Bertz CT molecular complexity index is 1000. The highest BCUT2D eigenvalue weighted by Gasteiger charge is 2.57. The van der Waals surface area contributed by atoms with Crippen LogP contribution in [0, 0.1) is 28.1 Å². The maximum Gasteiger partial charge on any atom is 0.338 e. The molecule has 0 spiro atoms. The number of benzene rings is 2. The van der Waals surface area contributed by atoms with E-state index >= 15 is 0 Å². The molecule has 0 saturated carbocycles. The van der Waals surface area contributed by atoms with E-state index in [4.69, 9.17) is 10.5 Å². The highest BCUT2D eigenvalue weighted by Crippen LogP contribution is 2.40. The van der Waals surface area contributed by atoms with Crippen LogP contribution in [-0.2, 0) is 16.1 Å². The van der Waals surface area contributed by atoms with Crippen LogP contribution in [0.1, 0.15) is 31.2 Å². The maximum atomic E-state index is 13.5. The largest absolute Gasteiger partial charge is 0.338 e. The highest BCUT2D eigenvalue weighted by atomic mass is 16.2. The molecule has 30 heavy (non-hydrogen) atoms. The van der Waals surface area contributed by atoms with Crippen molar-refractivity contribution in [2.45, 2.75) is 32.2 Å². The lowest BCUT2D eigenvalue weighted by atomic mass is 9.75. The van der Waals surface area contributed by atoms with Crippen molar-refractivity contribution >= 4 is 23.5 Å². The van der Waals surface area contributed by atoms with Crippen molar-refractivity contribution in [1.82, 2.24) is 4.90 Å². The van der Waals surface area contributed by atoms with E-state index in [1.807, 2.05) is 18.2 Å². The van der Waals surface area contributed by atoms with E-state index in [1.165, 1.54) is 0 Å². The number of nitrogens with zero attached hydrogens (tertiary/aromatic N) is 4. The molecule has 0 aromatic heterocycles. The third kappa shape index (κ3) is 3.78. The van der Waals surface area contributed by atoms with Crippen LogP contribution in [0.15, 0.2) is 60.7 Å². The van der Waals surface area contributed by atoms with Crippen LogP contribution < -0.4 is 4.90 Å². The van der Waals surface area contributed by atoms with Gasteiger partial charge in [-0.3, -0.25) is 14.5 Å². The molecule has 7 heteroatoms. The normalized spacial score (nSPS) is 15.6. The van der Waals surface area contributed by atoms with Crippen molar-refractivity contribution in [1.29, 1.82) is 10.5 Å². The van der Waals surface area contributed by atoms with E-state index in [-0.39, 0.29) is 32.2 Å². The smallest absolute Gasteiger partial charge is 0.273 e. The first-order valence-electron chi connectivity index (χ1n) is 9.58. The summed E-state index contributed by atoms with van der Waals surface area (Å²) < 4.78 is 0. The Labute approximate surface area is 174 Å². The van der Waals surface area contributed by atoms with Crippen LogP contribution in [-0.4, -0.2) is 22.7 Å². The number of imide groups is 2. The van der Waals surface area contributed by atoms with Crippen molar-refractivity contribution in [2.75, 3.05) is 4.90 Å². The molecule has 1 saturated heterocycles. The van der Waals surface area contributed by atoms with Crippen molar-refractivity contribution in [3.63, 3.8) is 0 Å². The quantitative estimate of drug-likeness (QED) is 0.658. The zero-order valence-corrected chi connectivity index (χ0v) is 16.3. The van der Waals surface area contributed by atoms with E-state index in [2.05, 4.69) is 0 Å². The molecule has 1 fully saturated rings. The molecule has 2 aromatic carbocycles. The summed E-state index contributed by atoms with van der Waals surface area (Å²) in [6.07, 6.45) is -0.187. The number of para-hydroxylation sites is 1. The van der Waals surface area contributed by atoms with Gasteiger partial charge in [0.15, 0.2) is 0 Å². The highest BCUT2D eigenvalue weighted by molar-refractivity contribution is 6.29. The molecule has 0 radical (unpaired) electrons. The van der Waals surface area contributed by atoms with E-state index in [0.29, 0.717) is 5.69 Å². The lowest BCUT2D eigenvalue weighted by molar-refractivity contribution is -0.151. The maximum absolute atomic E-state index is 13.5. The molecule has 1 aliphatic heterocycles. The van der Waals surface area contributed by atoms with E-state index < -0.39 is 23.3 Å². The number of hydrogen-bond acceptors (Lipinski definition) is 5. The Hall–Kier alpha value is -3.97. The lowest BCUT2D eigenvalue weighted by Crippen LogP contribution is -2.65. The second-order valence-electron chi connectivity index (χ2n) is 7.03. The Balaban J connectivity index is 2.11. The minimum Gasteiger partial charge on any atom is -0.273 e. The molecule has 150 valence electrons. The third-order valence-electron chi connectivity index (χ3n) is 5.21. The SMILES string of the molecule is N#CCCC1(CCC#N)C(=O)N(Cc2ccccc2)C(=O)N(c2ccccc2)C1=O. The number of carbonyl (C=O) groups excluding carboxylic acids is 3. The number of amides is 4. The van der Waals surface area contributed by atoms with Crippen LogP contribution >= 0.6 is 0 Å². The van der Waals surface area contributed by atoms with Gasteiger partial charge in [0.1, 0.15) is 5.41 Å². The summed E-state index contributed by atoms with van der Waals surface area (Å²) in [5.74, 6) is -1.34. The standard InChI is InChI=1S/C23H20N4O3/c24-15-7-13-23(14-8-16-25)20(28)26(17-18-9-3-1-4-10-18)22(30)27(21(23)29)19-11-5-2-6-12-19/h1-6,9-12H,7-8,13-14,17H2. The molecule has 7 nitrogen and oxygen atoms in total. The second kappa shape index (κ2) is 9.02. The van der Waals surface area contributed by atoms with Gasteiger partial charge in [0.2, 0.25) is 5.91 Å². The van der Waals surface area contributed by atoms with Crippen LogP contribution in [0.4, 0.5) is 10.5 Å². The molecule has 2 aromatic rings. The van der Waals surface area contributed by atoms with Gasteiger partial charge in [0.05, 0.1) is 24.4 Å². The fourth-order valence-corrected chi connectivity index (χ4v) is 3.66. The van der Waals surface area contributed by atoms with Crippen molar-refractivity contribution in [3.8, 4) is 12.1 Å². The fraction of sp³-hybridized carbons (Fsp3) is 0.261. The van der Waals surface area contributed by atoms with Gasteiger partial charge in [0.25, 0.3) is 5.91 Å². The molecule has 0 aliphatic carbocycles. The van der Waals surface area contributed by atoms with E-state index in [1.54, 1.807) is 54.6 Å². The van der Waals surface area contributed by atoms with Crippen LogP contribution in [0.3, 0.4) is 0 Å². The molecule has 0 N–H and O–H groups in total. The van der Waals surface area contributed by atoms with Crippen molar-refractivity contribution < 1.29 is 14.4 Å². The van der Waals surface area contributed by atoms with Crippen molar-refractivity contribution in [2.24, 2.45) is 5.41 Å². The van der Waals surface area contributed by atoms with Gasteiger partial charge in [0, 0.05) is 12.8 Å². The zero-order chi connectivity index (χ0) is 21.6. The summed E-state index contributed by atoms with van der Waals surface area (Å²) in [4.78, 5) is 42.3. The number of anilines is 1. The predicted octanol–water partition coefficient (Wildman–Crippen LogP) is 3.78. The topological polar surface area (TPSA) is 105 Å². The van der Waals surface area contributed by atoms with E-state index in [0.717, 1.165) is 15.4 Å². The average Bonchev–Trinajstić information content (AvgIpc) is 2.78. The molecule has 0 unspecified atom stereocenters. The van der Waals surface area contributed by atoms with E-state index in [9.17, 15) is 14.4 Å². The summed E-state index contributed by atoms with van der Waals surface area (Å²) >= 11 is 0. The van der Waals surface area contributed by atoms with Gasteiger partial charge in [-0.2, -0.15) is 10.5 Å². The van der Waals surface area contributed by atoms with Crippen LogP contribution in [0.5, 0.6) is 0 Å². The Morgan fingerprint density at radius 1 is 0.767 bits per heavy atom. The molecule has 1 heterocycles. The summed E-state index contributed by atoms with van der Waals surface area (Å²) in [5, 5.41) is 18.2. The molecular weight excluding hydrogens is 380 g/mol. The van der Waals surface area contributed by atoms with Crippen molar-refractivity contribution in [3.05, 3.63) is 66.2 Å². The molecule has 1 aliphatic rings. The monoisotopic (exact) mass is 400 g/mol. The number of nitriles is 2. The average molecular weight is 400 g/mol. The van der Waals surface area contributed by atoms with Gasteiger partial charge < -0.3 is 0 Å². The first kappa shape index (κ1) is 20.8. The number of hydrogen-bond donors (Lipinski definition) is 0. The number of rotatable bonds is 7. The first-order valence-corrected chi connectivity index (χ1v) is 9.58. The third-order valence-corrected chi connectivity index (χ3v) is 5.21. The van der Waals surface area contributed by atoms with Gasteiger partial charge in [-0.05, 0) is 30.5 Å². The minimum atomic E-state index is -1.63. The predicted molar refractivity (Wildman–Crippen MR) is 108 cm³/mol.